The number of halogens is 2. The van der Waals surface area contributed by atoms with Crippen molar-refractivity contribution in [1.82, 2.24) is 5.32 Å². The molecule has 0 saturated heterocycles. The molecule has 0 aromatic heterocycles. The van der Waals surface area contributed by atoms with Gasteiger partial charge in [-0.15, -0.1) is 0 Å². The maximum Gasteiger partial charge on any atom is 0.407 e. The van der Waals surface area contributed by atoms with Crippen molar-refractivity contribution in [1.29, 1.82) is 0 Å². The van der Waals surface area contributed by atoms with Gasteiger partial charge in [0, 0.05) is 17.9 Å². The van der Waals surface area contributed by atoms with E-state index in [4.69, 9.17) is 4.74 Å². The van der Waals surface area contributed by atoms with Crippen LogP contribution >= 0.6 is 0 Å². The third-order valence-corrected chi connectivity index (χ3v) is 5.52. The van der Waals surface area contributed by atoms with Gasteiger partial charge in [-0.3, -0.25) is 0 Å². The fourth-order valence-electron chi connectivity index (χ4n) is 3.96. The van der Waals surface area contributed by atoms with Gasteiger partial charge in [0.05, 0.1) is 0 Å². The van der Waals surface area contributed by atoms with Gasteiger partial charge in [0.2, 0.25) is 0 Å². The summed E-state index contributed by atoms with van der Waals surface area (Å²) >= 11 is 0. The minimum absolute atomic E-state index is 0.0359. The van der Waals surface area contributed by atoms with E-state index < -0.39 is 47.5 Å². The smallest absolute Gasteiger partial charge is 0.407 e. The van der Waals surface area contributed by atoms with E-state index in [0.717, 1.165) is 34.4 Å². The lowest BCUT2D eigenvalue weighted by atomic mass is 9.98. The summed E-state index contributed by atoms with van der Waals surface area (Å²) in [4.78, 5) is 23.9. The molecule has 0 saturated carbocycles. The average molecular weight is 439 g/mol. The molecule has 0 fully saturated rings. The molecule has 0 spiro atoms. The van der Waals surface area contributed by atoms with E-state index in [1.54, 1.807) is 0 Å². The number of benzene rings is 3. The summed E-state index contributed by atoms with van der Waals surface area (Å²) in [5.41, 5.74) is 3.51. The highest BCUT2D eigenvalue weighted by atomic mass is 19.1. The number of carboxylic acid groups (broad SMARTS) is 1. The summed E-state index contributed by atoms with van der Waals surface area (Å²) in [6, 6.07) is 15.3. The number of alkyl carbamates (subject to hydrolysis) is 1. The second-order valence-electron chi connectivity index (χ2n) is 7.42. The molecule has 1 aliphatic carbocycles. The zero-order chi connectivity index (χ0) is 22.8. The van der Waals surface area contributed by atoms with Gasteiger partial charge in [-0.05, 0) is 34.4 Å². The van der Waals surface area contributed by atoms with E-state index in [-0.39, 0.29) is 12.5 Å². The lowest BCUT2D eigenvalue weighted by Gasteiger charge is -2.18. The predicted octanol–water partition coefficient (Wildman–Crippen LogP) is 4.20. The molecule has 0 heterocycles. The summed E-state index contributed by atoms with van der Waals surface area (Å²) in [7, 11) is 0. The van der Waals surface area contributed by atoms with Crippen molar-refractivity contribution in [2.75, 3.05) is 6.61 Å². The number of aromatic hydroxyl groups is 1. The zero-order valence-corrected chi connectivity index (χ0v) is 16.7. The van der Waals surface area contributed by atoms with Crippen molar-refractivity contribution in [3.05, 3.63) is 89.0 Å². The molecule has 4 rings (SSSR count). The number of carboxylic acids is 1. The van der Waals surface area contributed by atoms with Crippen LogP contribution in [0.25, 0.3) is 11.1 Å². The Morgan fingerprint density at radius 1 is 0.938 bits per heavy atom. The first-order chi connectivity index (χ1) is 15.4. The number of rotatable bonds is 6. The molecule has 164 valence electrons. The predicted molar refractivity (Wildman–Crippen MR) is 111 cm³/mol. The van der Waals surface area contributed by atoms with Crippen LogP contribution in [0.1, 0.15) is 22.6 Å². The highest BCUT2D eigenvalue weighted by Crippen LogP contribution is 2.44. The largest absolute Gasteiger partial charge is 0.505 e. The van der Waals surface area contributed by atoms with E-state index in [2.05, 4.69) is 5.32 Å². The first kappa shape index (κ1) is 21.3. The Morgan fingerprint density at radius 2 is 1.50 bits per heavy atom. The normalized spacial score (nSPS) is 13.2. The number of nitrogens with one attached hydrogen (secondary N) is 1. The number of carbonyl (C=O) groups excluding carboxylic acids is 1. The van der Waals surface area contributed by atoms with Crippen LogP contribution in [0.15, 0.2) is 60.7 Å². The van der Waals surface area contributed by atoms with Gasteiger partial charge in [-0.1, -0.05) is 48.5 Å². The molecule has 1 amide bonds. The van der Waals surface area contributed by atoms with Crippen LogP contribution in [0.3, 0.4) is 0 Å². The lowest BCUT2D eigenvalue weighted by molar-refractivity contribution is -0.139. The first-order valence-corrected chi connectivity index (χ1v) is 9.87. The summed E-state index contributed by atoms with van der Waals surface area (Å²) in [6.07, 6.45) is -1.68. The number of hydrogen-bond donors (Lipinski definition) is 3. The van der Waals surface area contributed by atoms with Gasteiger partial charge in [0.25, 0.3) is 0 Å². The molecule has 3 aromatic rings. The number of phenolic OH excluding ortho intramolecular Hbond substituents is 1. The van der Waals surface area contributed by atoms with Crippen molar-refractivity contribution in [3.63, 3.8) is 0 Å². The van der Waals surface area contributed by atoms with Gasteiger partial charge in [-0.2, -0.15) is 0 Å². The van der Waals surface area contributed by atoms with Crippen molar-refractivity contribution in [2.24, 2.45) is 0 Å². The Kier molecular flexibility index (Phi) is 5.77. The minimum atomic E-state index is -1.63. The number of ether oxygens (including phenoxy) is 1. The van der Waals surface area contributed by atoms with E-state index in [1.807, 2.05) is 48.5 Å². The zero-order valence-electron chi connectivity index (χ0n) is 16.7. The van der Waals surface area contributed by atoms with Crippen LogP contribution in [-0.2, 0) is 16.0 Å². The van der Waals surface area contributed by atoms with E-state index in [0.29, 0.717) is 0 Å². The summed E-state index contributed by atoms with van der Waals surface area (Å²) in [6.45, 7) is -0.0359. The molecule has 0 aliphatic heterocycles. The molecule has 1 unspecified atom stereocenters. The molecular formula is C24H19F2NO5. The Labute approximate surface area is 182 Å². The van der Waals surface area contributed by atoms with Gasteiger partial charge in [-0.25, -0.2) is 18.4 Å². The van der Waals surface area contributed by atoms with Gasteiger partial charge >= 0.3 is 12.1 Å². The van der Waals surface area contributed by atoms with Gasteiger partial charge in [0.1, 0.15) is 18.5 Å². The SMILES string of the molecule is O=C(NC(Cc1c(F)ccc(F)c1O)C(=O)O)OCC1c2ccccc2-c2ccccc21. The van der Waals surface area contributed by atoms with Crippen molar-refractivity contribution < 1.29 is 33.3 Å². The molecule has 6 nitrogen and oxygen atoms in total. The van der Waals surface area contributed by atoms with Crippen LogP contribution in [0.5, 0.6) is 5.75 Å². The van der Waals surface area contributed by atoms with E-state index in [1.165, 1.54) is 0 Å². The maximum atomic E-state index is 14.0. The fraction of sp³-hybridized carbons (Fsp3) is 0.167. The minimum Gasteiger partial charge on any atom is -0.505 e. The lowest BCUT2D eigenvalue weighted by Crippen LogP contribution is -2.43. The Bertz CT molecular complexity index is 1150. The molecular weight excluding hydrogens is 420 g/mol. The summed E-state index contributed by atoms with van der Waals surface area (Å²) in [5.74, 6) is -4.77. The second-order valence-corrected chi connectivity index (χ2v) is 7.42. The molecule has 3 N–H and O–H groups in total. The number of carbonyl (C=O) groups is 2. The monoisotopic (exact) mass is 439 g/mol. The van der Waals surface area contributed by atoms with Crippen LogP contribution in [0, 0.1) is 11.6 Å². The number of phenols is 1. The molecule has 1 atom stereocenters. The molecule has 3 aromatic carbocycles. The quantitative estimate of drug-likeness (QED) is 0.535. The Balaban J connectivity index is 1.46. The van der Waals surface area contributed by atoms with Crippen molar-refractivity contribution in [3.8, 4) is 16.9 Å². The maximum absolute atomic E-state index is 14.0. The number of hydrogen-bond acceptors (Lipinski definition) is 4. The van der Waals surface area contributed by atoms with E-state index >= 15 is 0 Å². The van der Waals surface area contributed by atoms with Crippen molar-refractivity contribution in [2.45, 2.75) is 18.4 Å². The number of aliphatic carboxylic acids is 1. The van der Waals surface area contributed by atoms with Gasteiger partial charge in [0.15, 0.2) is 11.6 Å². The topological polar surface area (TPSA) is 95.9 Å². The van der Waals surface area contributed by atoms with Crippen LogP contribution in [0.2, 0.25) is 0 Å². The molecule has 1 aliphatic rings. The molecule has 0 radical (unpaired) electrons. The summed E-state index contributed by atoms with van der Waals surface area (Å²) < 4.78 is 32.8. The average Bonchev–Trinajstić information content (AvgIpc) is 3.11. The molecule has 0 bridgehead atoms. The fourth-order valence-corrected chi connectivity index (χ4v) is 3.96. The third-order valence-electron chi connectivity index (χ3n) is 5.52. The van der Waals surface area contributed by atoms with Gasteiger partial charge < -0.3 is 20.3 Å². The van der Waals surface area contributed by atoms with Crippen LogP contribution in [0.4, 0.5) is 13.6 Å². The number of fused-ring (bicyclic) bond motifs is 3. The van der Waals surface area contributed by atoms with E-state index in [9.17, 15) is 28.6 Å². The first-order valence-electron chi connectivity index (χ1n) is 9.87. The Hall–Kier alpha value is -3.94. The Morgan fingerprint density at radius 3 is 2.09 bits per heavy atom. The molecule has 32 heavy (non-hydrogen) atoms. The third kappa shape index (κ3) is 3.99. The number of amides is 1. The van der Waals surface area contributed by atoms with Crippen LogP contribution in [-0.4, -0.2) is 34.9 Å². The molecule has 8 heteroatoms. The summed E-state index contributed by atoms with van der Waals surface area (Å²) in [5, 5.41) is 21.3. The highest BCUT2D eigenvalue weighted by molar-refractivity contribution is 5.81. The second kappa shape index (κ2) is 8.66. The standard InChI is InChI=1S/C24H19F2NO5/c25-19-9-10-20(26)22(28)17(19)11-21(23(29)30)27-24(31)32-12-18-15-7-3-1-5-13(15)14-6-2-4-8-16(14)18/h1-10,18,21,28H,11-12H2,(H,27,31)(H,29,30). The van der Waals surface area contributed by atoms with Crippen molar-refractivity contribution >= 4 is 12.1 Å². The highest BCUT2D eigenvalue weighted by Gasteiger charge is 2.30. The van der Waals surface area contributed by atoms with Crippen LogP contribution < -0.4 is 5.32 Å².